The molecule has 0 saturated carbocycles. The van der Waals surface area contributed by atoms with Crippen LogP contribution in [0.15, 0.2) is 0 Å². The van der Waals surface area contributed by atoms with Crippen LogP contribution in [0.5, 0.6) is 0 Å². The van der Waals surface area contributed by atoms with Crippen molar-refractivity contribution in [1.82, 2.24) is 15.1 Å². The minimum atomic E-state index is 0.326. The lowest BCUT2D eigenvalue weighted by Gasteiger charge is -2.36. The molecule has 4 heteroatoms. The van der Waals surface area contributed by atoms with E-state index >= 15 is 0 Å². The average molecular weight is 243 g/mol. The molecule has 0 spiro atoms. The van der Waals surface area contributed by atoms with E-state index in [2.05, 4.69) is 50.0 Å². The van der Waals surface area contributed by atoms with Crippen molar-refractivity contribution in [2.24, 2.45) is 0 Å². The first kappa shape index (κ1) is 14.9. The summed E-state index contributed by atoms with van der Waals surface area (Å²) < 4.78 is 5.31. The molecule has 102 valence electrons. The smallest absolute Gasteiger partial charge is 0.0674 e. The Hall–Kier alpha value is -0.160. The normalized spacial score (nSPS) is 30.5. The van der Waals surface area contributed by atoms with Crippen molar-refractivity contribution in [2.75, 3.05) is 53.4 Å². The molecular formula is C13H29N3O. The van der Waals surface area contributed by atoms with Crippen LogP contribution >= 0.6 is 0 Å². The van der Waals surface area contributed by atoms with Gasteiger partial charge >= 0.3 is 0 Å². The van der Waals surface area contributed by atoms with Crippen LogP contribution in [0.3, 0.4) is 0 Å². The molecule has 1 atom stereocenters. The van der Waals surface area contributed by atoms with Gasteiger partial charge < -0.3 is 19.9 Å². The number of likely N-dealkylation sites (N-methyl/N-ethyl adjacent to an activating group) is 2. The maximum atomic E-state index is 5.31. The summed E-state index contributed by atoms with van der Waals surface area (Å²) in [4.78, 5) is 4.64. The zero-order chi connectivity index (χ0) is 12.9. The van der Waals surface area contributed by atoms with Crippen LogP contribution < -0.4 is 5.32 Å². The lowest BCUT2D eigenvalue weighted by atomic mass is 10.0. The van der Waals surface area contributed by atoms with Crippen molar-refractivity contribution >= 4 is 0 Å². The van der Waals surface area contributed by atoms with E-state index < -0.39 is 0 Å². The summed E-state index contributed by atoms with van der Waals surface area (Å²) in [5, 5.41) is 3.45. The van der Waals surface area contributed by atoms with E-state index in [0.717, 1.165) is 32.8 Å². The van der Waals surface area contributed by atoms with Gasteiger partial charge in [-0.1, -0.05) is 0 Å². The molecule has 2 heterocycles. The Kier molecular flexibility index (Phi) is 5.86. The highest BCUT2D eigenvalue weighted by atomic mass is 16.5. The molecule has 2 fully saturated rings. The second kappa shape index (κ2) is 6.69. The Morgan fingerprint density at radius 3 is 2.24 bits per heavy atom. The molecule has 2 rings (SSSR count). The maximum absolute atomic E-state index is 5.31. The van der Waals surface area contributed by atoms with Crippen LogP contribution in [0, 0.1) is 0 Å². The number of nitrogens with zero attached hydrogens (tertiary/aromatic N) is 2. The van der Waals surface area contributed by atoms with Crippen molar-refractivity contribution < 1.29 is 4.74 Å². The van der Waals surface area contributed by atoms with Crippen molar-refractivity contribution in [3.63, 3.8) is 0 Å². The Morgan fingerprint density at radius 2 is 1.88 bits per heavy atom. The maximum Gasteiger partial charge on any atom is 0.0674 e. The van der Waals surface area contributed by atoms with Gasteiger partial charge in [0.05, 0.1) is 12.7 Å². The Morgan fingerprint density at radius 1 is 1.18 bits per heavy atom. The number of nitrogens with one attached hydrogen (secondary N) is 1. The number of ether oxygens (including phenoxy) is 1. The quantitative estimate of drug-likeness (QED) is 0.676. The molecule has 0 aromatic carbocycles. The van der Waals surface area contributed by atoms with Crippen LogP contribution in [0.1, 0.15) is 20.8 Å². The second-order valence-corrected chi connectivity index (χ2v) is 5.99. The SMILES string of the molecule is CC1CN(C)CCO1.CN1CCNC(C)(C)C1. The van der Waals surface area contributed by atoms with Crippen molar-refractivity contribution in [3.05, 3.63) is 0 Å². The highest BCUT2D eigenvalue weighted by Gasteiger charge is 2.22. The van der Waals surface area contributed by atoms with Gasteiger partial charge in [0.1, 0.15) is 0 Å². The first-order chi connectivity index (χ1) is 7.89. The largest absolute Gasteiger partial charge is 0.376 e. The minimum Gasteiger partial charge on any atom is -0.376 e. The lowest BCUT2D eigenvalue weighted by molar-refractivity contribution is -0.00861. The molecule has 2 saturated heterocycles. The van der Waals surface area contributed by atoms with E-state index in [0.29, 0.717) is 11.6 Å². The molecule has 0 aromatic rings. The fraction of sp³-hybridized carbons (Fsp3) is 1.00. The molecular weight excluding hydrogens is 214 g/mol. The van der Waals surface area contributed by atoms with E-state index in [1.807, 2.05) is 0 Å². The summed E-state index contributed by atoms with van der Waals surface area (Å²) in [5.41, 5.74) is 0.326. The second-order valence-electron chi connectivity index (χ2n) is 5.99. The molecule has 1 N–H and O–H groups in total. The third-order valence-corrected chi connectivity index (χ3v) is 3.21. The predicted molar refractivity (Wildman–Crippen MR) is 72.5 cm³/mol. The fourth-order valence-electron chi connectivity index (χ4n) is 2.39. The minimum absolute atomic E-state index is 0.326. The fourth-order valence-corrected chi connectivity index (χ4v) is 2.39. The first-order valence-electron chi connectivity index (χ1n) is 6.63. The number of piperazine rings is 1. The van der Waals surface area contributed by atoms with Gasteiger partial charge in [-0.15, -0.1) is 0 Å². The van der Waals surface area contributed by atoms with Crippen LogP contribution in [0.25, 0.3) is 0 Å². The topological polar surface area (TPSA) is 27.7 Å². The zero-order valence-electron chi connectivity index (χ0n) is 12.1. The Bertz CT molecular complexity index is 213. The molecule has 0 bridgehead atoms. The van der Waals surface area contributed by atoms with E-state index in [1.165, 1.54) is 6.54 Å². The average Bonchev–Trinajstić information content (AvgIpc) is 2.15. The van der Waals surface area contributed by atoms with Crippen LogP contribution in [0.2, 0.25) is 0 Å². The van der Waals surface area contributed by atoms with E-state index in [1.54, 1.807) is 0 Å². The molecule has 2 aliphatic heterocycles. The Labute approximate surface area is 106 Å². The number of hydrogen-bond donors (Lipinski definition) is 1. The zero-order valence-corrected chi connectivity index (χ0v) is 12.1. The molecule has 0 amide bonds. The lowest BCUT2D eigenvalue weighted by Crippen LogP contribution is -2.55. The van der Waals surface area contributed by atoms with Crippen molar-refractivity contribution in [3.8, 4) is 0 Å². The van der Waals surface area contributed by atoms with Gasteiger partial charge in [-0.3, -0.25) is 0 Å². The summed E-state index contributed by atoms with van der Waals surface area (Å²) in [7, 11) is 4.29. The van der Waals surface area contributed by atoms with Gasteiger partial charge in [0.15, 0.2) is 0 Å². The number of rotatable bonds is 0. The third-order valence-electron chi connectivity index (χ3n) is 3.21. The van der Waals surface area contributed by atoms with Gasteiger partial charge in [0, 0.05) is 38.3 Å². The highest BCUT2D eigenvalue weighted by Crippen LogP contribution is 2.07. The molecule has 0 aromatic heterocycles. The summed E-state index contributed by atoms with van der Waals surface area (Å²) in [6, 6.07) is 0. The Balaban J connectivity index is 0.000000171. The third kappa shape index (κ3) is 6.36. The van der Waals surface area contributed by atoms with E-state index in [9.17, 15) is 0 Å². The van der Waals surface area contributed by atoms with Crippen LogP contribution in [-0.2, 0) is 4.74 Å². The van der Waals surface area contributed by atoms with Gasteiger partial charge in [-0.2, -0.15) is 0 Å². The van der Waals surface area contributed by atoms with Gasteiger partial charge in [-0.25, -0.2) is 0 Å². The molecule has 0 radical (unpaired) electrons. The summed E-state index contributed by atoms with van der Waals surface area (Å²) in [6.07, 6.45) is 0.439. The predicted octanol–water partition coefficient (Wildman–Crippen LogP) is 0.637. The van der Waals surface area contributed by atoms with E-state index in [-0.39, 0.29) is 0 Å². The standard InChI is InChI=1S/C7H16N2.C6H13NO/c1-7(2)6-9(3)5-4-8-7;1-6-5-7(2)3-4-8-6/h8H,4-6H2,1-3H3;6H,3-5H2,1-2H3. The van der Waals surface area contributed by atoms with Gasteiger partial charge in [0.2, 0.25) is 0 Å². The van der Waals surface area contributed by atoms with Crippen molar-refractivity contribution in [2.45, 2.75) is 32.4 Å². The molecule has 4 nitrogen and oxygen atoms in total. The van der Waals surface area contributed by atoms with Crippen LogP contribution in [-0.4, -0.2) is 74.9 Å². The van der Waals surface area contributed by atoms with Gasteiger partial charge in [-0.05, 0) is 34.9 Å². The van der Waals surface area contributed by atoms with Crippen molar-refractivity contribution in [1.29, 1.82) is 0 Å². The molecule has 2 aliphatic rings. The molecule has 1 unspecified atom stereocenters. The molecule has 17 heavy (non-hydrogen) atoms. The van der Waals surface area contributed by atoms with Gasteiger partial charge in [0.25, 0.3) is 0 Å². The highest BCUT2D eigenvalue weighted by molar-refractivity contribution is 4.84. The monoisotopic (exact) mass is 243 g/mol. The summed E-state index contributed by atoms with van der Waals surface area (Å²) in [6.45, 7) is 13.1. The van der Waals surface area contributed by atoms with E-state index in [4.69, 9.17) is 4.74 Å². The number of hydrogen-bond acceptors (Lipinski definition) is 4. The first-order valence-corrected chi connectivity index (χ1v) is 6.63. The molecule has 0 aliphatic carbocycles. The summed E-state index contributed by atoms with van der Waals surface area (Å²) in [5.74, 6) is 0. The summed E-state index contributed by atoms with van der Waals surface area (Å²) >= 11 is 0. The van der Waals surface area contributed by atoms with Crippen LogP contribution in [0.4, 0.5) is 0 Å². The number of morpholine rings is 1.